The van der Waals surface area contributed by atoms with Crippen molar-refractivity contribution in [1.29, 1.82) is 0 Å². The van der Waals surface area contributed by atoms with Crippen molar-refractivity contribution in [2.45, 2.75) is 31.8 Å². The summed E-state index contributed by atoms with van der Waals surface area (Å²) in [6.45, 7) is 1.38. The molecule has 1 fully saturated rings. The van der Waals surface area contributed by atoms with Crippen molar-refractivity contribution in [1.82, 2.24) is 9.55 Å². The number of aryl methyl sites for hydroxylation is 1. The summed E-state index contributed by atoms with van der Waals surface area (Å²) in [5.41, 5.74) is -0.0781. The lowest BCUT2D eigenvalue weighted by molar-refractivity contribution is -0.0582. The average Bonchev–Trinajstić information content (AvgIpc) is 3.23. The normalized spacial score (nSPS) is 19.7. The fourth-order valence-corrected chi connectivity index (χ4v) is 3.54. The number of carbonyl (C=O) groups is 2. The number of esters is 2. The molecular formula is C24H22N2O7. The van der Waals surface area contributed by atoms with Crippen LogP contribution in [0.4, 0.5) is 0 Å². The van der Waals surface area contributed by atoms with Crippen LogP contribution in [0.2, 0.25) is 0 Å². The molecule has 9 nitrogen and oxygen atoms in total. The second-order valence-corrected chi connectivity index (χ2v) is 7.62. The number of aromatic nitrogens is 2. The molecule has 0 unspecified atom stereocenters. The number of ether oxygens (including phenoxy) is 3. The summed E-state index contributed by atoms with van der Waals surface area (Å²) >= 11 is 0. The first-order chi connectivity index (χ1) is 15.9. The number of aromatic amines is 1. The minimum atomic E-state index is -0.818. The maximum absolute atomic E-state index is 12.6. The van der Waals surface area contributed by atoms with Crippen molar-refractivity contribution >= 4 is 11.9 Å². The van der Waals surface area contributed by atoms with Crippen LogP contribution in [0.25, 0.3) is 0 Å². The minimum Gasteiger partial charge on any atom is -0.459 e. The lowest BCUT2D eigenvalue weighted by Gasteiger charge is -2.19. The zero-order valence-corrected chi connectivity index (χ0v) is 17.8. The van der Waals surface area contributed by atoms with Gasteiger partial charge in [0.25, 0.3) is 5.56 Å². The molecule has 1 aromatic heterocycles. The topological polar surface area (TPSA) is 117 Å². The Morgan fingerprint density at radius 2 is 1.61 bits per heavy atom. The standard InChI is InChI=1S/C24H22N2O7/c1-15-13-26(24(30)25-21(15)27)20-12-18(33-23(29)17-10-6-3-7-11-17)19(32-20)14-31-22(28)16-8-4-2-5-9-16/h2-11,13,18-20H,12,14H2,1H3,(H,25,27,30)/t18-,19+,20-/m0/s1. The highest BCUT2D eigenvalue weighted by molar-refractivity contribution is 5.90. The van der Waals surface area contributed by atoms with Crippen molar-refractivity contribution in [2.24, 2.45) is 0 Å². The first-order valence-corrected chi connectivity index (χ1v) is 10.4. The van der Waals surface area contributed by atoms with Gasteiger partial charge in [-0.3, -0.25) is 14.3 Å². The molecule has 4 rings (SSSR count). The van der Waals surface area contributed by atoms with E-state index < -0.39 is 41.6 Å². The van der Waals surface area contributed by atoms with Crippen molar-refractivity contribution in [3.05, 3.63) is 104 Å². The van der Waals surface area contributed by atoms with Gasteiger partial charge in [-0.25, -0.2) is 14.4 Å². The zero-order valence-electron chi connectivity index (χ0n) is 17.8. The molecule has 1 aliphatic heterocycles. The Balaban J connectivity index is 1.53. The maximum atomic E-state index is 12.6. The fourth-order valence-electron chi connectivity index (χ4n) is 3.54. The molecule has 0 amide bonds. The van der Waals surface area contributed by atoms with Crippen molar-refractivity contribution in [3.8, 4) is 0 Å². The zero-order chi connectivity index (χ0) is 23.4. The van der Waals surface area contributed by atoms with Crippen LogP contribution in [0, 0.1) is 6.92 Å². The number of H-pyrrole nitrogens is 1. The Labute approximate surface area is 188 Å². The predicted octanol–water partition coefficient (Wildman–Crippen LogP) is 2.22. The summed E-state index contributed by atoms with van der Waals surface area (Å²) < 4.78 is 18.2. The molecule has 3 atom stereocenters. The highest BCUT2D eigenvalue weighted by atomic mass is 16.6. The monoisotopic (exact) mass is 450 g/mol. The van der Waals surface area contributed by atoms with Crippen LogP contribution in [0.5, 0.6) is 0 Å². The van der Waals surface area contributed by atoms with Crippen LogP contribution >= 0.6 is 0 Å². The summed E-state index contributed by atoms with van der Waals surface area (Å²) in [4.78, 5) is 51.2. The van der Waals surface area contributed by atoms with Crippen LogP contribution in [0.3, 0.4) is 0 Å². The van der Waals surface area contributed by atoms with Crippen LogP contribution in [0.15, 0.2) is 76.4 Å². The molecule has 0 aliphatic carbocycles. The molecule has 0 spiro atoms. The third kappa shape index (κ3) is 5.09. The predicted molar refractivity (Wildman–Crippen MR) is 117 cm³/mol. The van der Waals surface area contributed by atoms with E-state index in [2.05, 4.69) is 4.98 Å². The Bertz CT molecular complexity index is 1250. The Morgan fingerprint density at radius 1 is 1.00 bits per heavy atom. The van der Waals surface area contributed by atoms with Gasteiger partial charge in [0.2, 0.25) is 0 Å². The summed E-state index contributed by atoms with van der Waals surface area (Å²) in [5.74, 6) is -1.11. The lowest BCUT2D eigenvalue weighted by atomic mass is 10.1. The van der Waals surface area contributed by atoms with Crippen LogP contribution < -0.4 is 11.2 Å². The smallest absolute Gasteiger partial charge is 0.338 e. The Morgan fingerprint density at radius 3 is 2.24 bits per heavy atom. The molecule has 33 heavy (non-hydrogen) atoms. The van der Waals surface area contributed by atoms with Crippen LogP contribution in [-0.4, -0.2) is 40.3 Å². The number of carbonyl (C=O) groups excluding carboxylic acids is 2. The summed E-state index contributed by atoms with van der Waals surface area (Å²) in [7, 11) is 0. The molecule has 0 saturated carbocycles. The van der Waals surface area contributed by atoms with E-state index in [9.17, 15) is 19.2 Å². The van der Waals surface area contributed by atoms with Gasteiger partial charge in [-0.15, -0.1) is 0 Å². The fraction of sp³-hybridized carbons (Fsp3) is 0.250. The van der Waals surface area contributed by atoms with E-state index >= 15 is 0 Å². The molecule has 1 N–H and O–H groups in total. The van der Waals surface area contributed by atoms with E-state index in [-0.39, 0.29) is 13.0 Å². The third-order valence-electron chi connectivity index (χ3n) is 5.29. The van der Waals surface area contributed by atoms with E-state index in [0.717, 1.165) is 0 Å². The summed E-state index contributed by atoms with van der Waals surface area (Å²) in [5, 5.41) is 0. The second kappa shape index (κ2) is 9.66. The molecule has 1 aliphatic rings. The van der Waals surface area contributed by atoms with E-state index in [0.29, 0.717) is 16.7 Å². The van der Waals surface area contributed by atoms with Crippen LogP contribution in [0.1, 0.15) is 38.9 Å². The van der Waals surface area contributed by atoms with Crippen molar-refractivity contribution in [3.63, 3.8) is 0 Å². The van der Waals surface area contributed by atoms with Gasteiger partial charge in [0.1, 0.15) is 25.0 Å². The summed E-state index contributed by atoms with van der Waals surface area (Å²) in [6, 6.07) is 16.9. The number of hydrogen-bond donors (Lipinski definition) is 1. The number of nitrogens with one attached hydrogen (secondary N) is 1. The Hall–Kier alpha value is -3.98. The summed E-state index contributed by atoms with van der Waals surface area (Å²) in [6.07, 6.45) is -0.889. The number of rotatable bonds is 6. The SMILES string of the molecule is Cc1cn([C@@H]2C[C@H](OC(=O)c3ccccc3)[C@@H](COC(=O)c3ccccc3)O2)c(=O)[nH]c1=O. The first-order valence-electron chi connectivity index (χ1n) is 10.4. The van der Waals surface area contributed by atoms with Gasteiger partial charge < -0.3 is 14.2 Å². The Kier molecular flexibility index (Phi) is 6.50. The second-order valence-electron chi connectivity index (χ2n) is 7.62. The highest BCUT2D eigenvalue weighted by Gasteiger charge is 2.40. The molecule has 1 saturated heterocycles. The maximum Gasteiger partial charge on any atom is 0.338 e. The molecule has 2 aromatic carbocycles. The van der Waals surface area contributed by atoms with Crippen molar-refractivity contribution in [2.75, 3.05) is 6.61 Å². The molecule has 0 radical (unpaired) electrons. The van der Waals surface area contributed by atoms with Gasteiger partial charge in [0.05, 0.1) is 11.1 Å². The van der Waals surface area contributed by atoms with Gasteiger partial charge in [-0.05, 0) is 31.2 Å². The molecular weight excluding hydrogens is 428 g/mol. The quantitative estimate of drug-likeness (QED) is 0.572. The molecule has 170 valence electrons. The number of nitrogens with zero attached hydrogens (tertiary/aromatic N) is 1. The van der Waals surface area contributed by atoms with E-state index in [4.69, 9.17) is 14.2 Å². The van der Waals surface area contributed by atoms with E-state index in [1.165, 1.54) is 10.8 Å². The average molecular weight is 450 g/mol. The van der Waals surface area contributed by atoms with Gasteiger partial charge in [-0.1, -0.05) is 36.4 Å². The van der Waals surface area contributed by atoms with Gasteiger partial charge in [-0.2, -0.15) is 0 Å². The molecule has 0 bridgehead atoms. The van der Waals surface area contributed by atoms with E-state index in [1.54, 1.807) is 67.6 Å². The van der Waals surface area contributed by atoms with Crippen LogP contribution in [-0.2, 0) is 14.2 Å². The molecule has 3 aromatic rings. The van der Waals surface area contributed by atoms with Gasteiger partial charge in [0, 0.05) is 18.2 Å². The van der Waals surface area contributed by atoms with E-state index in [1.807, 2.05) is 0 Å². The highest BCUT2D eigenvalue weighted by Crippen LogP contribution is 2.31. The lowest BCUT2D eigenvalue weighted by Crippen LogP contribution is -2.33. The van der Waals surface area contributed by atoms with Gasteiger partial charge >= 0.3 is 17.6 Å². The number of hydrogen-bond acceptors (Lipinski definition) is 7. The van der Waals surface area contributed by atoms with Gasteiger partial charge in [0.15, 0.2) is 0 Å². The number of benzene rings is 2. The largest absolute Gasteiger partial charge is 0.459 e. The third-order valence-corrected chi connectivity index (χ3v) is 5.29. The van der Waals surface area contributed by atoms with Crippen molar-refractivity contribution < 1.29 is 23.8 Å². The minimum absolute atomic E-state index is 0.136. The molecule has 9 heteroatoms. The molecule has 2 heterocycles. The first kappa shape index (κ1) is 22.2.